The molecule has 0 radical (unpaired) electrons. The maximum Gasteiger partial charge on any atom is 0.154 e. The molecule has 1 atom stereocenters. The maximum atomic E-state index is 6.52. The molecule has 4 heteroatoms. The molecule has 2 aliphatic rings. The first-order chi connectivity index (χ1) is 27.7. The van der Waals surface area contributed by atoms with Gasteiger partial charge in [-0.25, -0.2) is 0 Å². The zero-order valence-electron chi connectivity index (χ0n) is 30.8. The zero-order chi connectivity index (χ0) is 37.4. The highest BCUT2D eigenvalue weighted by molar-refractivity contribution is 7.26. The first kappa shape index (κ1) is 32.5. The van der Waals surface area contributed by atoms with Crippen LogP contribution in [0.3, 0.4) is 0 Å². The van der Waals surface area contributed by atoms with Crippen LogP contribution in [0.2, 0.25) is 0 Å². The third-order valence-corrected chi connectivity index (χ3v) is 12.7. The van der Waals surface area contributed by atoms with E-state index in [0.717, 1.165) is 56.1 Å². The summed E-state index contributed by atoms with van der Waals surface area (Å²) in [6, 6.07) is 61.5. The highest BCUT2D eigenvalue weighted by atomic mass is 32.1. The molecule has 0 amide bonds. The maximum absolute atomic E-state index is 6.52. The Morgan fingerprint density at radius 2 is 1.30 bits per heavy atom. The summed E-state index contributed by atoms with van der Waals surface area (Å²) >= 11 is 1.80. The van der Waals surface area contributed by atoms with E-state index < -0.39 is 5.41 Å². The van der Waals surface area contributed by atoms with Crippen LogP contribution >= 0.6 is 11.3 Å². The lowest BCUT2D eigenvalue weighted by molar-refractivity contribution is 0.673. The summed E-state index contributed by atoms with van der Waals surface area (Å²) in [5.41, 5.74) is 15.3. The molecule has 56 heavy (non-hydrogen) atoms. The molecule has 1 aliphatic heterocycles. The van der Waals surface area contributed by atoms with Gasteiger partial charge in [0, 0.05) is 38.2 Å². The number of fused-ring (bicyclic) bond motifs is 11. The predicted molar refractivity (Wildman–Crippen MR) is 237 cm³/mol. The van der Waals surface area contributed by atoms with E-state index in [1.165, 1.54) is 42.8 Å². The molecule has 0 bridgehead atoms. The molecule has 3 nitrogen and oxygen atoms in total. The van der Waals surface area contributed by atoms with Gasteiger partial charge in [-0.3, -0.25) is 0 Å². The number of hydrogen-bond donors (Lipinski definition) is 0. The molecule has 9 aromatic rings. The standard InChI is InChI=1S/C52H36N2OS/c1-3-17-42-38(4-2)39-22-11-13-24-43(39)52(42)44-25-14-15-26-46(44)54(35-20-9-6-10-21-35)47-33-37(28-30-45(47)52)53(34-18-7-5-8-19-34)36-29-31-48-41(32-36)51-50(55-48)40-23-12-16-27-49(40)56-51/h3-33H,2H2,1H3/b17-3-. The second-order valence-electron chi connectivity index (χ2n) is 14.4. The van der Waals surface area contributed by atoms with Crippen LogP contribution in [0.5, 0.6) is 0 Å². The van der Waals surface area contributed by atoms with Gasteiger partial charge in [-0.2, -0.15) is 0 Å². The topological polar surface area (TPSA) is 19.6 Å². The zero-order valence-corrected chi connectivity index (χ0v) is 31.6. The Labute approximate surface area is 330 Å². The molecule has 11 rings (SSSR count). The van der Waals surface area contributed by atoms with Crippen molar-refractivity contribution in [3.05, 3.63) is 222 Å². The van der Waals surface area contributed by atoms with Crippen LogP contribution in [0.25, 0.3) is 36.9 Å². The summed E-state index contributed by atoms with van der Waals surface area (Å²) in [5, 5.41) is 2.28. The molecule has 1 unspecified atom stereocenters. The van der Waals surface area contributed by atoms with Gasteiger partial charge in [0.05, 0.1) is 21.5 Å². The van der Waals surface area contributed by atoms with E-state index in [1.807, 2.05) is 6.08 Å². The van der Waals surface area contributed by atoms with E-state index in [1.54, 1.807) is 11.3 Å². The van der Waals surface area contributed by atoms with Gasteiger partial charge >= 0.3 is 0 Å². The van der Waals surface area contributed by atoms with Crippen molar-refractivity contribution in [2.75, 3.05) is 9.80 Å². The van der Waals surface area contributed by atoms with Gasteiger partial charge in [0.1, 0.15) is 5.58 Å². The lowest BCUT2D eigenvalue weighted by Gasteiger charge is -2.46. The summed E-state index contributed by atoms with van der Waals surface area (Å²) in [4.78, 5) is 4.83. The Morgan fingerprint density at radius 1 is 0.625 bits per heavy atom. The summed E-state index contributed by atoms with van der Waals surface area (Å²) in [6.07, 6.45) is 6.51. The molecular weight excluding hydrogens is 701 g/mol. The van der Waals surface area contributed by atoms with Crippen LogP contribution < -0.4 is 9.80 Å². The van der Waals surface area contributed by atoms with Crippen LogP contribution in [0.1, 0.15) is 29.2 Å². The molecule has 2 aromatic heterocycles. The average molecular weight is 737 g/mol. The largest absolute Gasteiger partial charge is 0.454 e. The SMILES string of the molecule is C=CC1=C(/C=C\C)C2(c3ccccc31)c1ccccc1N(c1ccccc1)c1cc(N(c3ccccc3)c3ccc4oc5c6ccccc6sc5c4c3)ccc12. The number of thiophene rings is 1. The number of benzene rings is 7. The van der Waals surface area contributed by atoms with Crippen molar-refractivity contribution in [3.8, 4) is 0 Å². The summed E-state index contributed by atoms with van der Waals surface area (Å²) in [6.45, 7) is 6.48. The fraction of sp³-hybridized carbons (Fsp3) is 0.0385. The number of anilines is 6. The normalized spacial score (nSPS) is 15.9. The van der Waals surface area contributed by atoms with Crippen molar-refractivity contribution in [2.45, 2.75) is 12.3 Å². The Hall–Kier alpha value is -6.88. The summed E-state index contributed by atoms with van der Waals surface area (Å²) in [5.74, 6) is 0. The monoisotopic (exact) mass is 736 g/mol. The number of nitrogens with zero attached hydrogens (tertiary/aromatic N) is 2. The second kappa shape index (κ2) is 12.6. The molecular formula is C52H36N2OS. The minimum atomic E-state index is -0.567. The minimum Gasteiger partial charge on any atom is -0.454 e. The molecule has 0 fully saturated rings. The lowest BCUT2D eigenvalue weighted by Crippen LogP contribution is -2.36. The Morgan fingerprint density at radius 3 is 2.12 bits per heavy atom. The molecule has 266 valence electrons. The molecule has 1 aliphatic carbocycles. The third-order valence-electron chi connectivity index (χ3n) is 11.5. The Balaban J connectivity index is 1.21. The van der Waals surface area contributed by atoms with E-state index in [2.05, 4.69) is 205 Å². The number of rotatable bonds is 6. The molecule has 1 spiro atoms. The van der Waals surface area contributed by atoms with E-state index >= 15 is 0 Å². The van der Waals surface area contributed by atoms with Gasteiger partial charge in [-0.1, -0.05) is 122 Å². The summed E-state index contributed by atoms with van der Waals surface area (Å²) in [7, 11) is 0. The highest BCUT2D eigenvalue weighted by Gasteiger charge is 2.52. The summed E-state index contributed by atoms with van der Waals surface area (Å²) < 4.78 is 8.93. The van der Waals surface area contributed by atoms with Gasteiger partial charge in [0.25, 0.3) is 0 Å². The number of furan rings is 1. The molecule has 7 aromatic carbocycles. The Kier molecular flexibility index (Phi) is 7.32. The smallest absolute Gasteiger partial charge is 0.154 e. The predicted octanol–water partition coefficient (Wildman–Crippen LogP) is 14.9. The second-order valence-corrected chi connectivity index (χ2v) is 15.5. The number of para-hydroxylation sites is 3. The van der Waals surface area contributed by atoms with E-state index in [4.69, 9.17) is 4.42 Å². The van der Waals surface area contributed by atoms with Crippen molar-refractivity contribution in [1.29, 1.82) is 0 Å². The van der Waals surface area contributed by atoms with Gasteiger partial charge in [-0.15, -0.1) is 11.3 Å². The van der Waals surface area contributed by atoms with Crippen LogP contribution in [-0.2, 0) is 5.41 Å². The highest BCUT2D eigenvalue weighted by Crippen LogP contribution is 2.63. The van der Waals surface area contributed by atoms with Gasteiger partial charge in [0.2, 0.25) is 0 Å². The third kappa shape index (κ3) is 4.51. The van der Waals surface area contributed by atoms with Gasteiger partial charge < -0.3 is 14.2 Å². The quantitative estimate of drug-likeness (QED) is 0.169. The fourth-order valence-electron chi connectivity index (χ4n) is 9.35. The van der Waals surface area contributed by atoms with Crippen molar-refractivity contribution < 1.29 is 4.42 Å². The van der Waals surface area contributed by atoms with Gasteiger partial charge in [0.15, 0.2) is 5.58 Å². The first-order valence-electron chi connectivity index (χ1n) is 19.1. The van der Waals surface area contributed by atoms with Crippen LogP contribution in [0.15, 0.2) is 205 Å². The molecule has 0 saturated carbocycles. The van der Waals surface area contributed by atoms with Crippen LogP contribution in [0, 0.1) is 0 Å². The molecule has 0 N–H and O–H groups in total. The molecule has 0 saturated heterocycles. The van der Waals surface area contributed by atoms with Crippen molar-refractivity contribution in [3.63, 3.8) is 0 Å². The van der Waals surface area contributed by atoms with Crippen molar-refractivity contribution >= 4 is 82.4 Å². The number of hydrogen-bond acceptors (Lipinski definition) is 4. The van der Waals surface area contributed by atoms with E-state index in [9.17, 15) is 0 Å². The lowest BCUT2D eigenvalue weighted by atomic mass is 9.63. The minimum absolute atomic E-state index is 0.567. The van der Waals surface area contributed by atoms with Crippen LogP contribution in [0.4, 0.5) is 34.1 Å². The molecule has 3 heterocycles. The average Bonchev–Trinajstić information content (AvgIpc) is 3.89. The van der Waals surface area contributed by atoms with E-state index in [-0.39, 0.29) is 0 Å². The Bertz CT molecular complexity index is 3080. The van der Waals surface area contributed by atoms with Crippen molar-refractivity contribution in [2.24, 2.45) is 0 Å². The first-order valence-corrected chi connectivity index (χ1v) is 19.9. The van der Waals surface area contributed by atoms with Gasteiger partial charge in [-0.05, 0) is 113 Å². The van der Waals surface area contributed by atoms with E-state index in [0.29, 0.717) is 0 Å². The van der Waals surface area contributed by atoms with Crippen LogP contribution in [-0.4, -0.2) is 0 Å². The van der Waals surface area contributed by atoms with Crippen molar-refractivity contribution in [1.82, 2.24) is 0 Å². The fourth-order valence-corrected chi connectivity index (χ4v) is 10.5. The number of allylic oxidation sites excluding steroid dienone is 5.